The van der Waals surface area contributed by atoms with E-state index in [1.54, 1.807) is 26.1 Å². The standard InChI is InChI=1S/C64H89N13O15S.3ClH/c1-34-5-14-41(15-6-34)74-22-24-75(25-23-74)42-16-12-40(13-17-42)62-73-72-61(93-62)39-10-8-38(9-11-39)56(85)68-45-29-43(79)31-67-60(89)54-55(84)35(2)32-77(54)64(91)53(48(82)19-20-65)71-59(88)52(49(83)27-37-7-18-47(81)50(28-37)92-26-21-66-4)70-58(87)46-30-44(80)33-76(46)63(90)51(36(3)78)69-57(45)86;;;/h7-13,16-18,28,34-36,41,43-46,48-49,51-55,66,78-84H,5-6,14-15,19-27,29-33,65H2,1-4H3,(H,67,89)(H,68,85)(H,69,86)(H,70,87)(H,71,88);3*1H/t34?,35-,36+,41?,43+,44+,45-,46-,48+,49+,51-,52-,53-,54-,55-;;;/m0.../s1. The van der Waals surface area contributed by atoms with Gasteiger partial charge in [0.1, 0.15) is 52.9 Å². The number of aliphatic hydroxyl groups excluding tert-OH is 6. The Kier molecular flexibility index (Phi) is 29.2. The lowest BCUT2D eigenvalue weighted by Gasteiger charge is -2.42. The average Bonchev–Trinajstić information content (AvgIpc) is 1.64. The molecule has 0 unspecified atom stereocenters. The number of piperazine rings is 1. The number of hydrogen-bond donors (Lipinski definition) is 14. The van der Waals surface area contributed by atoms with Crippen molar-refractivity contribution in [1.82, 2.24) is 56.8 Å². The second kappa shape index (κ2) is 35.8. The molecular formula is C64H92Cl3N13O15S. The lowest BCUT2D eigenvalue weighted by Crippen LogP contribution is -2.64. The van der Waals surface area contributed by atoms with Gasteiger partial charge >= 0.3 is 0 Å². The monoisotopic (exact) mass is 1420 g/mol. The van der Waals surface area contributed by atoms with E-state index < -0.39 is 152 Å². The maximum absolute atomic E-state index is 14.8. The van der Waals surface area contributed by atoms with Crippen LogP contribution in [0.1, 0.15) is 81.6 Å². The fraction of sp³-hybridized carbons (Fsp3) is 0.578. The van der Waals surface area contributed by atoms with E-state index in [1.165, 1.54) is 67.4 Å². The number of aliphatic hydroxyl groups is 6. The normalized spacial score (nSPS) is 27.5. The third-order valence-electron chi connectivity index (χ3n) is 18.4. The van der Waals surface area contributed by atoms with Gasteiger partial charge in [0.2, 0.25) is 35.4 Å². The first kappa shape index (κ1) is 78.4. The summed E-state index contributed by atoms with van der Waals surface area (Å²) in [5.74, 6) is -7.66. The van der Waals surface area contributed by atoms with Crippen molar-refractivity contribution in [2.24, 2.45) is 17.6 Å². The summed E-state index contributed by atoms with van der Waals surface area (Å²) in [5.41, 5.74) is 8.82. The van der Waals surface area contributed by atoms with E-state index in [9.17, 15) is 69.3 Å². The van der Waals surface area contributed by atoms with Crippen molar-refractivity contribution < 1.29 is 74.0 Å². The van der Waals surface area contributed by atoms with E-state index >= 15 is 0 Å². The number of nitrogens with two attached hydrogens (primary N) is 1. The molecule has 13 atom stereocenters. The number of fused-ring (bicyclic) bond motifs is 2. The Bertz CT molecular complexity index is 3260. The lowest BCUT2D eigenvalue weighted by atomic mass is 9.86. The van der Waals surface area contributed by atoms with Crippen molar-refractivity contribution in [3.63, 3.8) is 0 Å². The molecule has 530 valence electrons. The molecule has 1 saturated carbocycles. The number of amides is 7. The first-order chi connectivity index (χ1) is 44.5. The van der Waals surface area contributed by atoms with Crippen LogP contribution in [0.15, 0.2) is 66.7 Å². The number of phenols is 1. The topological polar surface area (TPSA) is 407 Å². The molecule has 0 bridgehead atoms. The molecule has 32 heteroatoms. The second-order valence-corrected chi connectivity index (χ2v) is 26.3. The number of carbonyl (C=O) groups excluding carboxylic acids is 7. The fourth-order valence-electron chi connectivity index (χ4n) is 12.9. The number of nitrogens with zero attached hydrogens (tertiary/aromatic N) is 6. The molecule has 96 heavy (non-hydrogen) atoms. The van der Waals surface area contributed by atoms with Crippen LogP contribution in [0.4, 0.5) is 5.69 Å². The summed E-state index contributed by atoms with van der Waals surface area (Å²) in [4.78, 5) is 109. The number of likely N-dealkylation sites (N-methyl/N-ethyl adjacent to an activating group) is 1. The van der Waals surface area contributed by atoms with Crippen molar-refractivity contribution in [2.75, 3.05) is 77.5 Å². The number of rotatable bonds is 17. The number of phenolic OH excluding ortho intramolecular Hbond substituents is 1. The predicted octanol–water partition coefficient (Wildman–Crippen LogP) is -0.561. The summed E-state index contributed by atoms with van der Waals surface area (Å²) < 4.78 is 5.67. The molecule has 1 aromatic heterocycles. The Balaban J connectivity index is 0.00000486. The smallest absolute Gasteiger partial charge is 0.251 e. The summed E-state index contributed by atoms with van der Waals surface area (Å²) in [6, 6.07) is 8.41. The van der Waals surface area contributed by atoms with Crippen molar-refractivity contribution in [3.05, 3.63) is 77.9 Å². The molecule has 5 heterocycles. The zero-order valence-electron chi connectivity index (χ0n) is 54.0. The highest BCUT2D eigenvalue weighted by Gasteiger charge is 2.50. The number of benzene rings is 3. The van der Waals surface area contributed by atoms with Crippen LogP contribution in [0.3, 0.4) is 0 Å². The molecule has 15 N–H and O–H groups in total. The fourth-order valence-corrected chi connectivity index (χ4v) is 13.8. The van der Waals surface area contributed by atoms with Gasteiger partial charge in [-0.25, -0.2) is 0 Å². The number of aromatic nitrogens is 2. The molecule has 0 spiro atoms. The maximum Gasteiger partial charge on any atom is 0.251 e. The lowest BCUT2D eigenvalue weighted by molar-refractivity contribution is -0.147. The number of nitrogens with one attached hydrogen (secondary N) is 6. The van der Waals surface area contributed by atoms with Gasteiger partial charge in [-0.3, -0.25) is 38.5 Å². The van der Waals surface area contributed by atoms with Crippen LogP contribution in [0.2, 0.25) is 0 Å². The van der Waals surface area contributed by atoms with Gasteiger partial charge in [-0.2, -0.15) is 0 Å². The van der Waals surface area contributed by atoms with E-state index in [0.29, 0.717) is 28.2 Å². The van der Waals surface area contributed by atoms with Crippen LogP contribution in [-0.2, 0) is 35.2 Å². The predicted molar refractivity (Wildman–Crippen MR) is 364 cm³/mol. The molecule has 5 aliphatic rings. The summed E-state index contributed by atoms with van der Waals surface area (Å²) in [5, 5.41) is 105. The van der Waals surface area contributed by atoms with Gasteiger partial charge < -0.3 is 92.8 Å². The maximum atomic E-state index is 14.8. The number of halogens is 3. The molecule has 4 aromatic rings. The van der Waals surface area contributed by atoms with Gasteiger partial charge in [-0.15, -0.1) is 47.4 Å². The van der Waals surface area contributed by atoms with Crippen molar-refractivity contribution in [1.29, 1.82) is 0 Å². The minimum atomic E-state index is -2.03. The summed E-state index contributed by atoms with van der Waals surface area (Å²) in [6.07, 6.45) is -6.62. The average molecular weight is 1420 g/mol. The van der Waals surface area contributed by atoms with Gasteiger partial charge in [-0.1, -0.05) is 43.4 Å². The highest BCUT2D eigenvalue weighted by molar-refractivity contribution is 7.17. The van der Waals surface area contributed by atoms with Gasteiger partial charge in [0.15, 0.2) is 11.5 Å². The molecule has 9 rings (SSSR count). The number of aromatic hydroxyl groups is 1. The van der Waals surface area contributed by atoms with Crippen LogP contribution < -0.4 is 47.3 Å². The van der Waals surface area contributed by atoms with E-state index in [0.717, 1.165) is 60.1 Å². The molecule has 3 aromatic carbocycles. The third-order valence-corrected chi connectivity index (χ3v) is 19.4. The van der Waals surface area contributed by atoms with Crippen molar-refractivity contribution >= 4 is 95.6 Å². The Morgan fingerprint density at radius 3 is 1.97 bits per heavy atom. The van der Waals surface area contributed by atoms with Gasteiger partial charge in [0.05, 0.1) is 36.6 Å². The van der Waals surface area contributed by atoms with Gasteiger partial charge in [-0.05, 0) is 113 Å². The van der Waals surface area contributed by atoms with Crippen LogP contribution in [0, 0.1) is 11.8 Å². The number of β-amino-alcohol motifs (C(OH)–C–C–N with tert-alkyl or cyclic N) is 1. The zero-order valence-corrected chi connectivity index (χ0v) is 57.3. The number of anilines is 1. The number of ether oxygens (including phenoxy) is 1. The Hall–Kier alpha value is -6.58. The number of hydrogen-bond acceptors (Lipinski definition) is 22. The summed E-state index contributed by atoms with van der Waals surface area (Å²) in [6.45, 7) is 7.92. The van der Waals surface area contributed by atoms with Crippen LogP contribution in [0.25, 0.3) is 21.1 Å². The molecule has 5 fully saturated rings. The first-order valence-corrected chi connectivity index (χ1v) is 32.9. The van der Waals surface area contributed by atoms with Crippen LogP contribution in [-0.4, -0.2) is 253 Å². The Morgan fingerprint density at radius 1 is 0.729 bits per heavy atom. The molecule has 4 saturated heterocycles. The number of carbonyl (C=O) groups is 7. The van der Waals surface area contributed by atoms with Gasteiger partial charge in [0, 0.05) is 106 Å². The molecule has 7 amide bonds. The minimum Gasteiger partial charge on any atom is -0.504 e. The van der Waals surface area contributed by atoms with Crippen LogP contribution in [0.5, 0.6) is 11.5 Å². The highest BCUT2D eigenvalue weighted by Crippen LogP contribution is 2.34. The SMILES string of the molecule is CNCCOc1cc(C[C@@H](O)[C@@H]2NC(=O)[C@@H]3C[C@@H](O)CN3C(=O)[C@H]([C@@H](C)O)NC(=O)[C@@H](NC(=O)c3ccc(-c4nnc(-c5ccc(N6CCN(C7CCC(C)CC7)CC6)cc5)s4)cc3)C[C@@H](O)CNC(=O)[C@@H]3[C@@H](O)[C@@H](C)CN3C(=O)[C@H]([C@H](O)CCN)NC2=O)ccc1O.Cl.Cl.Cl. The summed E-state index contributed by atoms with van der Waals surface area (Å²) >= 11 is 1.36. The minimum absolute atomic E-state index is 0. The molecule has 28 nitrogen and oxygen atoms in total. The van der Waals surface area contributed by atoms with E-state index in [2.05, 4.69) is 71.0 Å². The van der Waals surface area contributed by atoms with Crippen LogP contribution >= 0.6 is 48.6 Å². The van der Waals surface area contributed by atoms with E-state index in [-0.39, 0.29) is 86.0 Å². The highest BCUT2D eigenvalue weighted by atomic mass is 35.5. The molecule has 4 aliphatic heterocycles. The zero-order chi connectivity index (χ0) is 66.8. The van der Waals surface area contributed by atoms with E-state index in [1.807, 2.05) is 12.1 Å². The Labute approximate surface area is 580 Å². The van der Waals surface area contributed by atoms with Gasteiger partial charge in [0.25, 0.3) is 5.91 Å². The van der Waals surface area contributed by atoms with Crippen molar-refractivity contribution in [2.45, 2.75) is 151 Å². The molecule has 1 aliphatic carbocycles. The van der Waals surface area contributed by atoms with Crippen molar-refractivity contribution in [3.8, 4) is 32.6 Å². The van der Waals surface area contributed by atoms with E-state index in [4.69, 9.17) is 10.5 Å². The quantitative estimate of drug-likeness (QED) is 0.0589. The summed E-state index contributed by atoms with van der Waals surface area (Å²) in [7, 11) is 1.69. The largest absolute Gasteiger partial charge is 0.504 e. The third kappa shape index (κ3) is 19.2. The molecular weight excluding hydrogens is 1330 g/mol. The second-order valence-electron chi connectivity index (χ2n) is 25.3. The molecule has 0 radical (unpaired) electrons. The first-order valence-electron chi connectivity index (χ1n) is 32.0. The Morgan fingerprint density at radius 2 is 1.34 bits per heavy atom.